The first kappa shape index (κ1) is 18.8. The molecule has 7 nitrogen and oxygen atoms in total. The van der Waals surface area contributed by atoms with Crippen molar-refractivity contribution < 1.29 is 9.90 Å². The lowest BCUT2D eigenvalue weighted by atomic mass is 10.1. The second-order valence-electron chi connectivity index (χ2n) is 7.16. The summed E-state index contributed by atoms with van der Waals surface area (Å²) in [4.78, 5) is 27.3. The fraction of sp³-hybridized carbons (Fsp3) is 0.350. The maximum Gasteiger partial charge on any atom is 0.271 e. The van der Waals surface area contributed by atoms with Crippen molar-refractivity contribution in [1.29, 1.82) is 0 Å². The van der Waals surface area contributed by atoms with Crippen LogP contribution in [0.25, 0.3) is 10.4 Å². The summed E-state index contributed by atoms with van der Waals surface area (Å²) in [5.74, 6) is 0.581. The first-order valence-electron chi connectivity index (χ1n) is 9.22. The largest absolute Gasteiger partial charge is 0.392 e. The first-order chi connectivity index (χ1) is 13.5. The maximum atomic E-state index is 12.7. The van der Waals surface area contributed by atoms with Gasteiger partial charge in [0.25, 0.3) is 5.91 Å². The van der Waals surface area contributed by atoms with Gasteiger partial charge in [0.05, 0.1) is 34.4 Å². The highest BCUT2D eigenvalue weighted by Gasteiger charge is 2.26. The zero-order valence-electron chi connectivity index (χ0n) is 15.8. The molecular formula is C20H23N5O2S. The SMILES string of the molecule is Cc1ncsc1-c1ccc(CN(C)C(=O)c2cnc([C@@H]3C[C@@H](O)CN3)[nH]2)cc1. The zero-order chi connectivity index (χ0) is 19.7. The van der Waals surface area contributed by atoms with E-state index in [4.69, 9.17) is 0 Å². The Hall–Kier alpha value is -2.55. The number of aryl methyl sites for hydroxylation is 1. The number of nitrogens with zero attached hydrogens (tertiary/aromatic N) is 3. The monoisotopic (exact) mass is 397 g/mol. The van der Waals surface area contributed by atoms with E-state index in [-0.39, 0.29) is 18.1 Å². The number of benzene rings is 1. The van der Waals surface area contributed by atoms with E-state index in [0.717, 1.165) is 16.8 Å². The molecule has 1 aliphatic rings. The third-order valence-electron chi connectivity index (χ3n) is 4.99. The molecule has 1 saturated heterocycles. The Labute approximate surface area is 167 Å². The van der Waals surface area contributed by atoms with E-state index >= 15 is 0 Å². The molecule has 28 heavy (non-hydrogen) atoms. The predicted molar refractivity (Wildman–Crippen MR) is 108 cm³/mol. The minimum absolute atomic E-state index is 0.0374. The molecule has 1 fully saturated rings. The average molecular weight is 398 g/mol. The van der Waals surface area contributed by atoms with Gasteiger partial charge in [-0.25, -0.2) is 9.97 Å². The number of aliphatic hydroxyl groups excluding tert-OH is 1. The number of β-amino-alcohol motifs (C(OH)–C–C–N with tert-alkyl or cyclic N) is 1. The first-order valence-corrected chi connectivity index (χ1v) is 10.1. The van der Waals surface area contributed by atoms with Crippen molar-refractivity contribution in [2.45, 2.75) is 32.0 Å². The van der Waals surface area contributed by atoms with Crippen molar-refractivity contribution in [3.63, 3.8) is 0 Å². The highest BCUT2D eigenvalue weighted by molar-refractivity contribution is 7.13. The van der Waals surface area contributed by atoms with Crippen LogP contribution in [0.15, 0.2) is 36.0 Å². The van der Waals surface area contributed by atoms with E-state index in [2.05, 4.69) is 32.4 Å². The standard InChI is InChI=1S/C20H23N5O2S/c1-12-18(28-11-23-12)14-5-3-13(4-6-14)10-25(2)20(27)17-9-22-19(24-17)16-7-15(26)8-21-16/h3-6,9,11,15-16,21,26H,7-8,10H2,1-2H3,(H,22,24)/t15-,16+/m1/s1. The van der Waals surface area contributed by atoms with Gasteiger partial charge in [0, 0.05) is 20.1 Å². The number of aliphatic hydroxyl groups is 1. The smallest absolute Gasteiger partial charge is 0.271 e. The second-order valence-corrected chi connectivity index (χ2v) is 8.01. The van der Waals surface area contributed by atoms with Gasteiger partial charge in [0.15, 0.2) is 0 Å². The van der Waals surface area contributed by atoms with Crippen LogP contribution in [0.5, 0.6) is 0 Å². The van der Waals surface area contributed by atoms with Crippen molar-refractivity contribution >= 4 is 17.2 Å². The Kier molecular flexibility index (Phi) is 5.25. The topological polar surface area (TPSA) is 94.1 Å². The van der Waals surface area contributed by atoms with Crippen LogP contribution in [0, 0.1) is 6.92 Å². The van der Waals surface area contributed by atoms with Gasteiger partial charge in [0.1, 0.15) is 11.5 Å². The van der Waals surface area contributed by atoms with Crippen LogP contribution in [0.2, 0.25) is 0 Å². The summed E-state index contributed by atoms with van der Waals surface area (Å²) in [6.07, 6.45) is 1.80. The van der Waals surface area contributed by atoms with Crippen LogP contribution >= 0.6 is 11.3 Å². The summed E-state index contributed by atoms with van der Waals surface area (Å²) in [7, 11) is 1.78. The lowest BCUT2D eigenvalue weighted by Crippen LogP contribution is -2.26. The molecule has 146 valence electrons. The number of amides is 1. The summed E-state index contributed by atoms with van der Waals surface area (Å²) >= 11 is 1.63. The van der Waals surface area contributed by atoms with Gasteiger partial charge in [0.2, 0.25) is 0 Å². The van der Waals surface area contributed by atoms with E-state index in [1.165, 1.54) is 4.88 Å². The van der Waals surface area contributed by atoms with Gasteiger partial charge >= 0.3 is 0 Å². The minimum atomic E-state index is -0.367. The molecule has 2 aromatic heterocycles. The minimum Gasteiger partial charge on any atom is -0.392 e. The van der Waals surface area contributed by atoms with Crippen molar-refractivity contribution in [2.75, 3.05) is 13.6 Å². The Morgan fingerprint density at radius 3 is 2.75 bits per heavy atom. The third-order valence-corrected chi connectivity index (χ3v) is 5.97. The fourth-order valence-electron chi connectivity index (χ4n) is 3.44. The Balaban J connectivity index is 1.41. The molecule has 4 rings (SSSR count). The van der Waals surface area contributed by atoms with Gasteiger partial charge in [-0.3, -0.25) is 4.79 Å². The predicted octanol–water partition coefficient (Wildman–Crippen LogP) is 2.51. The summed E-state index contributed by atoms with van der Waals surface area (Å²) in [6.45, 7) is 3.06. The number of H-pyrrole nitrogens is 1. The quantitative estimate of drug-likeness (QED) is 0.615. The summed E-state index contributed by atoms with van der Waals surface area (Å²) < 4.78 is 0. The van der Waals surface area contributed by atoms with Crippen molar-refractivity contribution in [3.8, 4) is 10.4 Å². The number of aromatic nitrogens is 3. The summed E-state index contributed by atoms with van der Waals surface area (Å²) in [5, 5.41) is 12.8. The number of thiazole rings is 1. The van der Waals surface area contributed by atoms with Gasteiger partial charge in [-0.05, 0) is 24.5 Å². The number of nitrogens with one attached hydrogen (secondary N) is 2. The highest BCUT2D eigenvalue weighted by atomic mass is 32.1. The van der Waals surface area contributed by atoms with Crippen LogP contribution in [0.4, 0.5) is 0 Å². The molecule has 1 aliphatic heterocycles. The fourth-order valence-corrected chi connectivity index (χ4v) is 4.25. The molecule has 3 N–H and O–H groups in total. The lowest BCUT2D eigenvalue weighted by Gasteiger charge is -2.16. The summed E-state index contributed by atoms with van der Waals surface area (Å²) in [5.41, 5.74) is 5.54. The molecule has 0 aliphatic carbocycles. The van der Waals surface area contributed by atoms with Crippen molar-refractivity contribution in [2.24, 2.45) is 0 Å². The molecule has 0 radical (unpaired) electrons. The number of carbonyl (C=O) groups is 1. The molecule has 1 amide bonds. The number of carbonyl (C=O) groups excluding carboxylic acids is 1. The van der Waals surface area contributed by atoms with E-state index in [1.807, 2.05) is 24.6 Å². The lowest BCUT2D eigenvalue weighted by molar-refractivity contribution is 0.0779. The number of aromatic amines is 1. The molecule has 8 heteroatoms. The number of hydrogen-bond acceptors (Lipinski definition) is 6. The second kappa shape index (κ2) is 7.83. The molecule has 0 saturated carbocycles. The molecule has 2 atom stereocenters. The highest BCUT2D eigenvalue weighted by Crippen LogP contribution is 2.27. The average Bonchev–Trinajstić information content (AvgIpc) is 3.42. The van der Waals surface area contributed by atoms with E-state index in [0.29, 0.717) is 31.0 Å². The van der Waals surface area contributed by atoms with Gasteiger partial charge in [-0.15, -0.1) is 11.3 Å². The van der Waals surface area contributed by atoms with Crippen LogP contribution in [-0.4, -0.2) is 50.6 Å². The van der Waals surface area contributed by atoms with E-state index in [9.17, 15) is 9.90 Å². The molecule has 1 aromatic carbocycles. The van der Waals surface area contributed by atoms with Crippen molar-refractivity contribution in [3.05, 3.63) is 58.7 Å². The normalized spacial score (nSPS) is 19.1. The zero-order valence-corrected chi connectivity index (χ0v) is 16.7. The van der Waals surface area contributed by atoms with Crippen LogP contribution in [0.3, 0.4) is 0 Å². The molecular weight excluding hydrogens is 374 g/mol. The molecule has 0 spiro atoms. The van der Waals surface area contributed by atoms with Gasteiger partial charge < -0.3 is 20.3 Å². The number of imidazole rings is 1. The van der Waals surface area contributed by atoms with Crippen LogP contribution < -0.4 is 5.32 Å². The molecule has 0 unspecified atom stereocenters. The number of rotatable bonds is 5. The van der Waals surface area contributed by atoms with E-state index in [1.54, 1.807) is 29.5 Å². The van der Waals surface area contributed by atoms with Gasteiger partial charge in [-0.2, -0.15) is 0 Å². The van der Waals surface area contributed by atoms with E-state index < -0.39 is 0 Å². The molecule has 3 aromatic rings. The van der Waals surface area contributed by atoms with Crippen molar-refractivity contribution in [1.82, 2.24) is 25.2 Å². The Bertz CT molecular complexity index is 965. The Morgan fingerprint density at radius 2 is 2.11 bits per heavy atom. The summed E-state index contributed by atoms with van der Waals surface area (Å²) in [6, 6.07) is 8.18. The van der Waals surface area contributed by atoms with Gasteiger partial charge in [-0.1, -0.05) is 24.3 Å². The van der Waals surface area contributed by atoms with Crippen LogP contribution in [-0.2, 0) is 6.54 Å². The third kappa shape index (κ3) is 3.84. The molecule has 3 heterocycles. The number of hydrogen-bond donors (Lipinski definition) is 3. The Morgan fingerprint density at radius 1 is 1.32 bits per heavy atom. The van der Waals surface area contributed by atoms with Crippen LogP contribution in [0.1, 0.15) is 40.0 Å². The maximum absolute atomic E-state index is 12.7. The molecule has 0 bridgehead atoms.